The largest absolute Gasteiger partial charge is 0.497 e. The van der Waals surface area contributed by atoms with E-state index >= 15 is 0 Å². The Labute approximate surface area is 178 Å². The predicted octanol–water partition coefficient (Wildman–Crippen LogP) is 6.36. The normalized spacial score (nSPS) is 10.8. The van der Waals surface area contributed by atoms with E-state index < -0.39 is 0 Å². The van der Waals surface area contributed by atoms with E-state index in [0.717, 1.165) is 33.0 Å². The van der Waals surface area contributed by atoms with E-state index in [0.29, 0.717) is 16.7 Å². The van der Waals surface area contributed by atoms with Crippen LogP contribution < -0.4 is 4.74 Å². The molecule has 1 aromatic heterocycles. The van der Waals surface area contributed by atoms with Gasteiger partial charge in [0.05, 0.1) is 18.7 Å². The quantitative estimate of drug-likeness (QED) is 0.327. The fourth-order valence-electron chi connectivity index (χ4n) is 3.89. The van der Waals surface area contributed by atoms with Crippen molar-refractivity contribution in [2.75, 3.05) is 7.11 Å². The number of ketones is 1. The number of hydrogen-bond acceptors (Lipinski definition) is 4. The zero-order valence-corrected chi connectivity index (χ0v) is 16.8. The minimum Gasteiger partial charge on any atom is -0.497 e. The topological polar surface area (TPSA) is 63.2 Å². The smallest absolute Gasteiger partial charge is 0.228 e. The highest BCUT2D eigenvalue weighted by Gasteiger charge is 2.24. The van der Waals surface area contributed by atoms with Crippen molar-refractivity contribution in [3.05, 3.63) is 102 Å². The Morgan fingerprint density at radius 1 is 0.903 bits per heavy atom. The fraction of sp³-hybridized carbons (Fsp3) is 0.0370. The second-order valence-corrected chi connectivity index (χ2v) is 7.21. The molecular formula is C27H17NO3. The Hall–Kier alpha value is -4.36. The van der Waals surface area contributed by atoms with Crippen molar-refractivity contribution in [2.45, 2.75) is 0 Å². The molecule has 0 saturated carbocycles. The predicted molar refractivity (Wildman–Crippen MR) is 120 cm³/mol. The molecule has 5 aromatic rings. The van der Waals surface area contributed by atoms with Crippen molar-refractivity contribution in [3.8, 4) is 22.9 Å². The minimum absolute atomic E-state index is 0.226. The fourth-order valence-corrected chi connectivity index (χ4v) is 3.89. The van der Waals surface area contributed by atoms with Crippen LogP contribution in [0.3, 0.4) is 0 Å². The van der Waals surface area contributed by atoms with E-state index in [1.54, 1.807) is 31.4 Å². The molecule has 0 spiro atoms. The second kappa shape index (κ2) is 7.47. The maximum atomic E-state index is 13.5. The van der Waals surface area contributed by atoms with E-state index in [9.17, 15) is 4.79 Å². The molecule has 0 aliphatic rings. The molecule has 4 aromatic carbocycles. The molecule has 4 heteroatoms. The second-order valence-electron chi connectivity index (χ2n) is 7.21. The monoisotopic (exact) mass is 403 g/mol. The molecule has 1 heterocycles. The van der Waals surface area contributed by atoms with Gasteiger partial charge in [-0.05, 0) is 58.8 Å². The Bertz CT molecular complexity index is 1470. The van der Waals surface area contributed by atoms with E-state index in [4.69, 9.17) is 14.4 Å². The van der Waals surface area contributed by atoms with Crippen LogP contribution in [0.25, 0.3) is 32.9 Å². The molecule has 0 bridgehead atoms. The molecule has 0 saturated heterocycles. The van der Waals surface area contributed by atoms with Crippen LogP contribution in [0.5, 0.6) is 5.75 Å². The Morgan fingerprint density at radius 2 is 1.65 bits per heavy atom. The number of nitriles is 1. The summed E-state index contributed by atoms with van der Waals surface area (Å²) in [7, 11) is 1.62. The van der Waals surface area contributed by atoms with Gasteiger partial charge in [0.25, 0.3) is 0 Å². The lowest BCUT2D eigenvalue weighted by atomic mass is 9.95. The molecule has 0 aliphatic heterocycles. The average molecular weight is 403 g/mol. The van der Waals surface area contributed by atoms with Crippen molar-refractivity contribution < 1.29 is 13.9 Å². The zero-order chi connectivity index (χ0) is 21.4. The number of hydrogen-bond donors (Lipinski definition) is 0. The molecule has 0 unspecified atom stereocenters. The van der Waals surface area contributed by atoms with Crippen LogP contribution in [0.4, 0.5) is 0 Å². The van der Waals surface area contributed by atoms with Crippen molar-refractivity contribution in [3.63, 3.8) is 0 Å². The summed E-state index contributed by atoms with van der Waals surface area (Å²) in [5.74, 6) is 0.790. The molecule has 0 radical (unpaired) electrons. The highest BCUT2D eigenvalue weighted by Crippen LogP contribution is 2.40. The van der Waals surface area contributed by atoms with Gasteiger partial charge >= 0.3 is 0 Å². The lowest BCUT2D eigenvalue weighted by Gasteiger charge is -2.07. The highest BCUT2D eigenvalue weighted by molar-refractivity contribution is 6.21. The van der Waals surface area contributed by atoms with Crippen LogP contribution in [0.15, 0.2) is 89.3 Å². The molecule has 0 N–H and O–H groups in total. The van der Waals surface area contributed by atoms with Gasteiger partial charge in [0.15, 0.2) is 5.76 Å². The molecule has 0 atom stereocenters. The summed E-state index contributed by atoms with van der Waals surface area (Å²) in [6.45, 7) is 0. The van der Waals surface area contributed by atoms with E-state index in [1.165, 1.54) is 0 Å². The third-order valence-electron chi connectivity index (χ3n) is 5.44. The SMILES string of the molecule is COc1ccc(-c2c(C(=O)c3ccc(C#N)cc3)oc3ccc4ccccc4c23)cc1. The summed E-state index contributed by atoms with van der Waals surface area (Å²) in [6.07, 6.45) is 0. The van der Waals surface area contributed by atoms with Crippen LogP contribution in [-0.4, -0.2) is 12.9 Å². The van der Waals surface area contributed by atoms with E-state index in [1.807, 2.05) is 60.7 Å². The summed E-state index contributed by atoms with van der Waals surface area (Å²) < 4.78 is 11.4. The first-order chi connectivity index (χ1) is 15.2. The number of rotatable bonds is 4. The van der Waals surface area contributed by atoms with Crippen molar-refractivity contribution in [1.82, 2.24) is 0 Å². The number of ether oxygens (including phenoxy) is 1. The molecule has 5 rings (SSSR count). The maximum Gasteiger partial charge on any atom is 0.228 e. The lowest BCUT2D eigenvalue weighted by molar-refractivity contribution is 0.101. The van der Waals surface area contributed by atoms with Crippen LogP contribution >= 0.6 is 0 Å². The van der Waals surface area contributed by atoms with Gasteiger partial charge in [-0.1, -0.05) is 42.5 Å². The number of carbonyl (C=O) groups excluding carboxylic acids is 1. The van der Waals surface area contributed by atoms with Crippen LogP contribution in [-0.2, 0) is 0 Å². The standard InChI is InChI=1S/C27H17NO3/c1-30-21-13-10-19(11-14-21)24-25-22-5-3-2-4-18(22)12-15-23(25)31-27(24)26(29)20-8-6-17(16-28)7-9-20/h2-15H,1H3. The first-order valence-corrected chi connectivity index (χ1v) is 9.83. The van der Waals surface area contributed by atoms with Gasteiger partial charge in [0, 0.05) is 16.5 Å². The summed E-state index contributed by atoms with van der Waals surface area (Å²) >= 11 is 0. The molecule has 31 heavy (non-hydrogen) atoms. The van der Waals surface area contributed by atoms with Gasteiger partial charge in [-0.2, -0.15) is 5.26 Å². The maximum absolute atomic E-state index is 13.5. The van der Waals surface area contributed by atoms with Crippen molar-refractivity contribution in [2.24, 2.45) is 0 Å². The molecule has 0 aliphatic carbocycles. The highest BCUT2D eigenvalue weighted by atomic mass is 16.5. The van der Waals surface area contributed by atoms with Crippen LogP contribution in [0.1, 0.15) is 21.7 Å². The first kappa shape index (κ1) is 18.7. The number of benzene rings is 4. The third-order valence-corrected chi connectivity index (χ3v) is 5.44. The summed E-state index contributed by atoms with van der Waals surface area (Å²) in [5, 5.41) is 12.0. The van der Waals surface area contributed by atoms with Crippen molar-refractivity contribution in [1.29, 1.82) is 5.26 Å². The Kier molecular flexibility index (Phi) is 4.50. The number of methoxy groups -OCH3 is 1. The van der Waals surface area contributed by atoms with Gasteiger partial charge in [-0.25, -0.2) is 0 Å². The number of furan rings is 1. The molecule has 148 valence electrons. The Balaban J connectivity index is 1.80. The van der Waals surface area contributed by atoms with Crippen LogP contribution in [0.2, 0.25) is 0 Å². The number of nitrogens with zero attached hydrogens (tertiary/aromatic N) is 1. The van der Waals surface area contributed by atoms with Gasteiger partial charge in [-0.3, -0.25) is 4.79 Å². The van der Waals surface area contributed by atoms with E-state index in [2.05, 4.69) is 6.07 Å². The van der Waals surface area contributed by atoms with E-state index in [-0.39, 0.29) is 11.5 Å². The third kappa shape index (κ3) is 3.13. The van der Waals surface area contributed by atoms with Gasteiger partial charge in [0.2, 0.25) is 5.78 Å². The van der Waals surface area contributed by atoms with Gasteiger partial charge < -0.3 is 9.15 Å². The van der Waals surface area contributed by atoms with Crippen LogP contribution in [0, 0.1) is 11.3 Å². The van der Waals surface area contributed by atoms with Crippen molar-refractivity contribution >= 4 is 27.5 Å². The first-order valence-electron chi connectivity index (χ1n) is 9.83. The molecule has 0 amide bonds. The molecular weight excluding hydrogens is 386 g/mol. The average Bonchev–Trinajstić information content (AvgIpc) is 3.24. The van der Waals surface area contributed by atoms with Gasteiger partial charge in [-0.15, -0.1) is 0 Å². The zero-order valence-electron chi connectivity index (χ0n) is 16.8. The molecule has 0 fully saturated rings. The summed E-state index contributed by atoms with van der Waals surface area (Å²) in [4.78, 5) is 13.5. The number of carbonyl (C=O) groups is 1. The molecule has 4 nitrogen and oxygen atoms in total. The summed E-state index contributed by atoms with van der Waals surface area (Å²) in [5.41, 5.74) is 3.25. The summed E-state index contributed by atoms with van der Waals surface area (Å²) in [6, 6.07) is 28.2. The lowest BCUT2D eigenvalue weighted by Crippen LogP contribution is -2.01. The number of fused-ring (bicyclic) bond motifs is 3. The van der Waals surface area contributed by atoms with Gasteiger partial charge in [0.1, 0.15) is 11.3 Å². The minimum atomic E-state index is -0.226. The Morgan fingerprint density at radius 3 is 2.35 bits per heavy atom.